The standard InChI is InChI=1S/C20H14N2O3/c1-13(23)14-8-10-15(11-9-14)22-19(18-7-4-12-25-18)21-17-6-3-2-5-16(17)20(22)24/h2-12H,1H3. The Kier molecular flexibility index (Phi) is 3.54. The fourth-order valence-corrected chi connectivity index (χ4v) is 2.79. The fourth-order valence-electron chi connectivity index (χ4n) is 2.79. The van der Waals surface area contributed by atoms with Crippen molar-refractivity contribution in [3.05, 3.63) is 82.8 Å². The predicted octanol–water partition coefficient (Wildman–Crippen LogP) is 3.85. The Balaban J connectivity index is 2.04. The van der Waals surface area contributed by atoms with Crippen LogP contribution in [0.3, 0.4) is 0 Å². The number of carbonyl (C=O) groups is 1. The maximum absolute atomic E-state index is 13.1. The Morgan fingerprint density at radius 3 is 2.44 bits per heavy atom. The van der Waals surface area contributed by atoms with Crippen molar-refractivity contribution in [3.8, 4) is 17.3 Å². The van der Waals surface area contributed by atoms with Gasteiger partial charge >= 0.3 is 0 Å². The fraction of sp³-hybridized carbons (Fsp3) is 0.0500. The van der Waals surface area contributed by atoms with Crippen LogP contribution in [0.25, 0.3) is 28.2 Å². The van der Waals surface area contributed by atoms with Crippen molar-refractivity contribution in [3.63, 3.8) is 0 Å². The van der Waals surface area contributed by atoms with Crippen LogP contribution in [0.4, 0.5) is 0 Å². The molecule has 0 unspecified atom stereocenters. The molecule has 25 heavy (non-hydrogen) atoms. The normalized spacial score (nSPS) is 10.9. The van der Waals surface area contributed by atoms with Crippen molar-refractivity contribution in [1.29, 1.82) is 0 Å². The summed E-state index contributed by atoms with van der Waals surface area (Å²) in [5.74, 6) is 0.893. The van der Waals surface area contributed by atoms with Crippen LogP contribution in [0.5, 0.6) is 0 Å². The maximum Gasteiger partial charge on any atom is 0.266 e. The zero-order valence-electron chi connectivity index (χ0n) is 13.5. The number of furan rings is 1. The smallest absolute Gasteiger partial charge is 0.266 e. The maximum atomic E-state index is 13.1. The van der Waals surface area contributed by atoms with E-state index >= 15 is 0 Å². The molecule has 0 aliphatic carbocycles. The van der Waals surface area contributed by atoms with Gasteiger partial charge in [0.25, 0.3) is 5.56 Å². The number of hydrogen-bond donors (Lipinski definition) is 0. The van der Waals surface area contributed by atoms with E-state index in [0.717, 1.165) is 0 Å². The summed E-state index contributed by atoms with van der Waals surface area (Å²) in [6.45, 7) is 1.51. The van der Waals surface area contributed by atoms with E-state index in [1.165, 1.54) is 11.5 Å². The van der Waals surface area contributed by atoms with Crippen molar-refractivity contribution in [2.75, 3.05) is 0 Å². The summed E-state index contributed by atoms with van der Waals surface area (Å²) >= 11 is 0. The highest BCUT2D eigenvalue weighted by Crippen LogP contribution is 2.22. The van der Waals surface area contributed by atoms with Crippen molar-refractivity contribution in [2.24, 2.45) is 0 Å². The second kappa shape index (κ2) is 5.87. The van der Waals surface area contributed by atoms with Gasteiger partial charge in [0.2, 0.25) is 0 Å². The van der Waals surface area contributed by atoms with Crippen molar-refractivity contribution >= 4 is 16.7 Å². The first kappa shape index (κ1) is 15.1. The van der Waals surface area contributed by atoms with Crippen molar-refractivity contribution in [1.82, 2.24) is 9.55 Å². The third-order valence-electron chi connectivity index (χ3n) is 4.05. The largest absolute Gasteiger partial charge is 0.461 e. The first-order valence-electron chi connectivity index (χ1n) is 7.82. The second-order valence-electron chi connectivity index (χ2n) is 5.67. The summed E-state index contributed by atoms with van der Waals surface area (Å²) in [6.07, 6.45) is 1.54. The minimum atomic E-state index is -0.187. The summed E-state index contributed by atoms with van der Waals surface area (Å²) in [5, 5.41) is 0.522. The highest BCUT2D eigenvalue weighted by Gasteiger charge is 2.16. The van der Waals surface area contributed by atoms with Gasteiger partial charge in [-0.1, -0.05) is 12.1 Å². The lowest BCUT2D eigenvalue weighted by atomic mass is 10.1. The van der Waals surface area contributed by atoms with E-state index in [1.54, 1.807) is 60.9 Å². The molecular weight excluding hydrogens is 316 g/mol. The SMILES string of the molecule is CC(=O)c1ccc(-n2c(-c3ccco3)nc3ccccc3c2=O)cc1. The lowest BCUT2D eigenvalue weighted by molar-refractivity contribution is 0.101. The number of rotatable bonds is 3. The van der Waals surface area contributed by atoms with E-state index in [4.69, 9.17) is 4.42 Å². The number of fused-ring (bicyclic) bond motifs is 1. The molecule has 5 heteroatoms. The zero-order chi connectivity index (χ0) is 17.4. The summed E-state index contributed by atoms with van der Waals surface area (Å²) in [4.78, 5) is 29.2. The number of hydrogen-bond acceptors (Lipinski definition) is 4. The van der Waals surface area contributed by atoms with E-state index in [2.05, 4.69) is 4.98 Å². The molecule has 2 aromatic carbocycles. The molecule has 0 bridgehead atoms. The van der Waals surface area contributed by atoms with Crippen LogP contribution in [-0.2, 0) is 0 Å². The average Bonchev–Trinajstić information content (AvgIpc) is 3.16. The highest BCUT2D eigenvalue weighted by atomic mass is 16.3. The molecule has 5 nitrogen and oxygen atoms in total. The molecule has 0 saturated heterocycles. The molecule has 0 aliphatic heterocycles. The van der Waals surface area contributed by atoms with E-state index in [9.17, 15) is 9.59 Å². The monoisotopic (exact) mass is 330 g/mol. The molecule has 2 aromatic heterocycles. The Bertz CT molecular complexity index is 1120. The van der Waals surface area contributed by atoms with Crippen LogP contribution < -0.4 is 5.56 Å². The Labute approximate surface area is 143 Å². The van der Waals surface area contributed by atoms with Gasteiger partial charge in [0, 0.05) is 5.56 Å². The third kappa shape index (κ3) is 2.55. The van der Waals surface area contributed by atoms with E-state index in [-0.39, 0.29) is 11.3 Å². The number of Topliss-reactive ketones (excluding diaryl/α,β-unsaturated/α-hetero) is 1. The van der Waals surface area contributed by atoms with E-state index < -0.39 is 0 Å². The summed E-state index contributed by atoms with van der Waals surface area (Å²) in [6, 6.07) is 17.6. The van der Waals surface area contributed by atoms with Crippen molar-refractivity contribution < 1.29 is 9.21 Å². The molecule has 0 saturated carbocycles. The van der Waals surface area contributed by atoms with E-state index in [1.807, 2.05) is 6.07 Å². The molecule has 0 spiro atoms. The number of aromatic nitrogens is 2. The van der Waals surface area contributed by atoms with Crippen LogP contribution in [0.15, 0.2) is 76.1 Å². The molecule has 4 rings (SSSR count). The summed E-state index contributed by atoms with van der Waals surface area (Å²) < 4.78 is 6.98. The van der Waals surface area contributed by atoms with Gasteiger partial charge in [0.1, 0.15) is 0 Å². The molecule has 0 atom stereocenters. The Morgan fingerprint density at radius 1 is 1.00 bits per heavy atom. The first-order valence-corrected chi connectivity index (χ1v) is 7.82. The zero-order valence-corrected chi connectivity index (χ0v) is 13.5. The molecule has 0 fully saturated rings. The van der Waals surface area contributed by atoms with Crippen LogP contribution >= 0.6 is 0 Å². The van der Waals surface area contributed by atoms with Gasteiger partial charge in [0.15, 0.2) is 17.4 Å². The quantitative estimate of drug-likeness (QED) is 0.535. The minimum absolute atomic E-state index is 0.0261. The van der Waals surface area contributed by atoms with Gasteiger partial charge in [-0.2, -0.15) is 0 Å². The molecule has 2 heterocycles. The van der Waals surface area contributed by atoms with Gasteiger partial charge in [0.05, 0.1) is 22.9 Å². The van der Waals surface area contributed by atoms with E-state index in [0.29, 0.717) is 33.7 Å². The topological polar surface area (TPSA) is 65.1 Å². The molecule has 4 aromatic rings. The van der Waals surface area contributed by atoms with Gasteiger partial charge in [-0.3, -0.25) is 14.2 Å². The number of ketones is 1. The number of benzene rings is 2. The summed E-state index contributed by atoms with van der Waals surface area (Å²) in [5.41, 5.74) is 1.63. The average molecular weight is 330 g/mol. The third-order valence-corrected chi connectivity index (χ3v) is 4.05. The Morgan fingerprint density at radius 2 is 1.76 bits per heavy atom. The van der Waals surface area contributed by atoms with Gasteiger partial charge < -0.3 is 4.42 Å². The van der Waals surface area contributed by atoms with Crippen LogP contribution in [-0.4, -0.2) is 15.3 Å². The lowest BCUT2D eigenvalue weighted by Gasteiger charge is -2.12. The minimum Gasteiger partial charge on any atom is -0.461 e. The second-order valence-corrected chi connectivity index (χ2v) is 5.67. The Hall–Kier alpha value is -3.47. The highest BCUT2D eigenvalue weighted by molar-refractivity contribution is 5.94. The van der Waals surface area contributed by atoms with Crippen LogP contribution in [0, 0.1) is 0 Å². The molecule has 122 valence electrons. The number of carbonyl (C=O) groups excluding carboxylic acids is 1. The van der Waals surface area contributed by atoms with Crippen LogP contribution in [0.1, 0.15) is 17.3 Å². The molecule has 0 amide bonds. The van der Waals surface area contributed by atoms with Crippen LogP contribution in [0.2, 0.25) is 0 Å². The molecule has 0 N–H and O–H groups in total. The predicted molar refractivity (Wildman–Crippen MR) is 95.0 cm³/mol. The lowest BCUT2D eigenvalue weighted by Crippen LogP contribution is -2.21. The first-order chi connectivity index (χ1) is 12.1. The van der Waals surface area contributed by atoms with Gasteiger partial charge in [-0.05, 0) is 55.5 Å². The van der Waals surface area contributed by atoms with Crippen molar-refractivity contribution in [2.45, 2.75) is 6.92 Å². The molecular formula is C20H14N2O3. The molecule has 0 aliphatic rings. The molecule has 0 radical (unpaired) electrons. The number of para-hydroxylation sites is 1. The number of nitrogens with zero attached hydrogens (tertiary/aromatic N) is 2. The summed E-state index contributed by atoms with van der Waals surface area (Å²) in [7, 11) is 0. The van der Waals surface area contributed by atoms with Gasteiger partial charge in [-0.25, -0.2) is 4.98 Å². The van der Waals surface area contributed by atoms with Gasteiger partial charge in [-0.15, -0.1) is 0 Å².